The molecular formula is C52H37N. The van der Waals surface area contributed by atoms with Gasteiger partial charge in [0, 0.05) is 16.9 Å². The fourth-order valence-corrected chi connectivity index (χ4v) is 6.88. The van der Waals surface area contributed by atoms with Crippen LogP contribution in [0, 0.1) is 0 Å². The molecule has 0 bridgehead atoms. The number of fused-ring (bicyclic) bond motifs is 1. The summed E-state index contributed by atoms with van der Waals surface area (Å²) in [6.45, 7) is 0. The predicted octanol–water partition coefficient (Wildman–Crippen LogP) is 14.6. The molecule has 53 heavy (non-hydrogen) atoms. The lowest BCUT2D eigenvalue weighted by Crippen LogP contribution is -2.11. The van der Waals surface area contributed by atoms with Crippen LogP contribution in [0.1, 0.15) is 11.0 Å². The first-order valence-corrected chi connectivity index (χ1v) is 17.5. The second-order valence-corrected chi connectivity index (χ2v) is 12.7. The van der Waals surface area contributed by atoms with Crippen molar-refractivity contribution in [3.63, 3.8) is 0 Å². The summed E-state index contributed by atoms with van der Waals surface area (Å²) in [5, 5.41) is 1.85. The molecule has 9 aromatic carbocycles. The number of para-hydroxylation sites is 1. The lowest BCUT2D eigenvalue weighted by atomic mass is 9.89. The highest BCUT2D eigenvalue weighted by Gasteiger charge is 2.18. The monoisotopic (exact) mass is 683 g/mol. The molecule has 0 radical (unpaired) electrons. The topological polar surface area (TPSA) is 3.24 Å². The summed E-state index contributed by atoms with van der Waals surface area (Å²) in [7, 11) is 0. The van der Waals surface area contributed by atoms with E-state index in [1.165, 1.54) is 4.90 Å². The second-order valence-electron chi connectivity index (χ2n) is 12.7. The van der Waals surface area contributed by atoms with Crippen LogP contribution in [0.4, 0.5) is 17.1 Å². The molecule has 250 valence electrons. The van der Waals surface area contributed by atoms with E-state index in [1.807, 2.05) is 158 Å². The van der Waals surface area contributed by atoms with Gasteiger partial charge in [0.15, 0.2) is 0 Å². The van der Waals surface area contributed by atoms with Gasteiger partial charge in [-0.05, 0) is 97.1 Å². The van der Waals surface area contributed by atoms with Crippen LogP contribution in [0.5, 0.6) is 0 Å². The SMILES string of the molecule is [2H]c1c([2H])c(N(c2ccccc2-c2ccccc2)c2c([2H])c([2H])c(-c3ccc4ccccc4c3-c3ccccc3)c([2H])c2[2H])c([2H])c([2H])c1-c1cccc(-c2ccccc2)c1. The molecule has 0 unspecified atom stereocenters. The maximum atomic E-state index is 9.75. The first-order chi connectivity index (χ1) is 29.7. The zero-order valence-corrected chi connectivity index (χ0v) is 28.7. The second kappa shape index (κ2) is 14.3. The van der Waals surface area contributed by atoms with E-state index in [-0.39, 0.29) is 46.7 Å². The largest absolute Gasteiger partial charge is 0.310 e. The van der Waals surface area contributed by atoms with Gasteiger partial charge in [-0.25, -0.2) is 0 Å². The third-order valence-corrected chi connectivity index (χ3v) is 9.42. The molecule has 0 fully saturated rings. The van der Waals surface area contributed by atoms with Crippen molar-refractivity contribution < 1.29 is 11.0 Å². The molecule has 0 heterocycles. The molecule has 0 aromatic heterocycles. The minimum atomic E-state index is -0.400. The summed E-state index contributed by atoms with van der Waals surface area (Å²) < 4.78 is 76.9. The average molecular weight is 684 g/mol. The molecule has 0 N–H and O–H groups in total. The molecule has 9 rings (SSSR count). The summed E-state index contributed by atoms with van der Waals surface area (Å²) in [6, 6.07) is 52.2. The van der Waals surface area contributed by atoms with E-state index in [0.717, 1.165) is 38.6 Å². The van der Waals surface area contributed by atoms with Gasteiger partial charge < -0.3 is 4.90 Å². The van der Waals surface area contributed by atoms with E-state index in [4.69, 9.17) is 0 Å². The standard InChI is InChI=1S/C52H37N/c1-4-15-38(16-5-1)44-22-14-23-45(37-44)39-27-32-46(33-28-39)53(51-26-13-12-24-48(51)40-17-6-2-7-18-40)47-34-29-42(30-35-47)50-36-31-41-19-10-11-25-49(41)52(50)43-20-8-3-9-21-43/h1-37H/i27D,28D,29D,30D,32D,33D,34D,35D. The van der Waals surface area contributed by atoms with Gasteiger partial charge in [-0.15, -0.1) is 0 Å². The first-order valence-electron chi connectivity index (χ1n) is 21.5. The van der Waals surface area contributed by atoms with Crippen LogP contribution in [0.3, 0.4) is 0 Å². The van der Waals surface area contributed by atoms with Gasteiger partial charge >= 0.3 is 0 Å². The Hall–Kier alpha value is -6.96. The van der Waals surface area contributed by atoms with Crippen molar-refractivity contribution in [2.45, 2.75) is 0 Å². The fraction of sp³-hybridized carbons (Fsp3) is 0. The summed E-state index contributed by atoms with van der Waals surface area (Å²) in [6.07, 6.45) is 0. The van der Waals surface area contributed by atoms with Crippen molar-refractivity contribution >= 4 is 27.8 Å². The third-order valence-electron chi connectivity index (χ3n) is 9.42. The molecule has 0 saturated heterocycles. The van der Waals surface area contributed by atoms with Crippen molar-refractivity contribution in [2.75, 3.05) is 4.90 Å². The summed E-state index contributed by atoms with van der Waals surface area (Å²) in [5.74, 6) is 0. The Balaban J connectivity index is 1.32. The Kier molecular flexibility index (Phi) is 6.57. The minimum Gasteiger partial charge on any atom is -0.310 e. The number of anilines is 3. The lowest BCUT2D eigenvalue weighted by Gasteiger charge is -2.28. The number of hydrogen-bond acceptors (Lipinski definition) is 1. The molecule has 0 amide bonds. The zero-order chi connectivity index (χ0) is 42.4. The summed E-state index contributed by atoms with van der Waals surface area (Å²) in [5.41, 5.74) is 5.98. The number of rotatable bonds is 8. The molecule has 1 heteroatoms. The van der Waals surface area contributed by atoms with E-state index in [1.54, 1.807) is 18.2 Å². The van der Waals surface area contributed by atoms with E-state index in [2.05, 4.69) is 0 Å². The maximum absolute atomic E-state index is 9.75. The van der Waals surface area contributed by atoms with Crippen molar-refractivity contribution in [3.05, 3.63) is 224 Å². The smallest absolute Gasteiger partial charge is 0.0645 e. The molecule has 0 aliphatic heterocycles. The van der Waals surface area contributed by atoms with Crippen LogP contribution < -0.4 is 4.90 Å². The van der Waals surface area contributed by atoms with Gasteiger partial charge in [0.05, 0.1) is 16.7 Å². The van der Waals surface area contributed by atoms with E-state index < -0.39 is 24.2 Å². The normalized spacial score (nSPS) is 13.1. The van der Waals surface area contributed by atoms with Gasteiger partial charge in [0.25, 0.3) is 0 Å². The quantitative estimate of drug-likeness (QED) is 0.154. The maximum Gasteiger partial charge on any atom is 0.0645 e. The Morgan fingerprint density at radius 3 is 1.51 bits per heavy atom. The Morgan fingerprint density at radius 1 is 0.321 bits per heavy atom. The minimum absolute atomic E-state index is 0.104. The van der Waals surface area contributed by atoms with Gasteiger partial charge in [-0.3, -0.25) is 0 Å². The van der Waals surface area contributed by atoms with E-state index in [0.29, 0.717) is 22.4 Å². The highest BCUT2D eigenvalue weighted by molar-refractivity contribution is 6.04. The molecule has 0 saturated carbocycles. The van der Waals surface area contributed by atoms with Crippen LogP contribution in [-0.2, 0) is 0 Å². The third kappa shape index (κ3) is 6.42. The van der Waals surface area contributed by atoms with Crippen molar-refractivity contribution in [1.82, 2.24) is 0 Å². The lowest BCUT2D eigenvalue weighted by molar-refractivity contribution is 1.28. The van der Waals surface area contributed by atoms with E-state index in [9.17, 15) is 11.0 Å². The van der Waals surface area contributed by atoms with Crippen LogP contribution >= 0.6 is 0 Å². The van der Waals surface area contributed by atoms with Gasteiger partial charge in [-0.2, -0.15) is 0 Å². The van der Waals surface area contributed by atoms with Gasteiger partial charge in [0.2, 0.25) is 0 Å². The van der Waals surface area contributed by atoms with E-state index >= 15 is 0 Å². The number of hydrogen-bond donors (Lipinski definition) is 0. The molecule has 0 atom stereocenters. The molecular weight excluding hydrogens is 639 g/mol. The Labute approximate surface area is 323 Å². The van der Waals surface area contributed by atoms with Crippen LogP contribution in [0.2, 0.25) is 0 Å². The van der Waals surface area contributed by atoms with Gasteiger partial charge in [-0.1, -0.05) is 188 Å². The van der Waals surface area contributed by atoms with Crippen molar-refractivity contribution in [2.24, 2.45) is 0 Å². The van der Waals surface area contributed by atoms with Crippen LogP contribution in [-0.4, -0.2) is 0 Å². The summed E-state index contributed by atoms with van der Waals surface area (Å²) in [4.78, 5) is 1.39. The predicted molar refractivity (Wildman–Crippen MR) is 226 cm³/mol. The molecule has 0 spiro atoms. The summed E-state index contributed by atoms with van der Waals surface area (Å²) >= 11 is 0. The highest BCUT2D eigenvalue weighted by atomic mass is 15.1. The number of nitrogens with zero attached hydrogens (tertiary/aromatic N) is 1. The zero-order valence-electron chi connectivity index (χ0n) is 36.7. The average Bonchev–Trinajstić information content (AvgIpc) is 3.31. The first kappa shape index (κ1) is 24.3. The molecule has 0 aliphatic carbocycles. The Bertz CT molecular complexity index is 3060. The molecule has 9 aromatic rings. The Morgan fingerprint density at radius 2 is 0.830 bits per heavy atom. The highest BCUT2D eigenvalue weighted by Crippen LogP contribution is 2.43. The molecule has 0 aliphatic rings. The van der Waals surface area contributed by atoms with Crippen LogP contribution in [0.25, 0.3) is 66.4 Å². The van der Waals surface area contributed by atoms with Crippen LogP contribution in [0.15, 0.2) is 224 Å². The fourth-order valence-electron chi connectivity index (χ4n) is 6.88. The van der Waals surface area contributed by atoms with Crippen molar-refractivity contribution in [1.29, 1.82) is 0 Å². The number of benzene rings is 9. The van der Waals surface area contributed by atoms with Gasteiger partial charge in [0.1, 0.15) is 0 Å². The van der Waals surface area contributed by atoms with Crippen molar-refractivity contribution in [3.8, 4) is 55.6 Å². The molecule has 1 nitrogen and oxygen atoms in total.